The first kappa shape index (κ1) is 16.6. The summed E-state index contributed by atoms with van der Waals surface area (Å²) in [4.78, 5) is 0.367. The van der Waals surface area contributed by atoms with Gasteiger partial charge in [-0.25, -0.2) is 4.39 Å². The Morgan fingerprint density at radius 1 is 1.19 bits per heavy atom. The first-order valence-electron chi connectivity index (χ1n) is 8.12. The fourth-order valence-electron chi connectivity index (χ4n) is 3.04. The number of hydrogen-bond donors (Lipinski definition) is 1. The largest absolute Gasteiger partial charge is 0.313 e. The second-order valence-electron chi connectivity index (χ2n) is 5.82. The van der Waals surface area contributed by atoms with Crippen molar-refractivity contribution in [2.24, 2.45) is 0 Å². The standard InChI is InChI=1S/C17H26FNOS/c1-2-13-19-15-10-5-3-4-6-12-17(15)21(20)16-11-8-7-9-14(16)18/h7-9,11,15,17,19H,2-6,10,12-13H2,1H3. The van der Waals surface area contributed by atoms with Crippen LogP contribution in [0.2, 0.25) is 0 Å². The molecular weight excluding hydrogens is 285 g/mol. The smallest absolute Gasteiger partial charge is 0.139 e. The molecule has 3 unspecified atom stereocenters. The summed E-state index contributed by atoms with van der Waals surface area (Å²) in [5.74, 6) is -0.341. The quantitative estimate of drug-likeness (QED) is 0.889. The van der Waals surface area contributed by atoms with Gasteiger partial charge < -0.3 is 5.32 Å². The first-order valence-corrected chi connectivity index (χ1v) is 9.33. The van der Waals surface area contributed by atoms with Crippen molar-refractivity contribution in [3.8, 4) is 0 Å². The van der Waals surface area contributed by atoms with Gasteiger partial charge in [0.05, 0.1) is 20.9 Å². The molecule has 2 nitrogen and oxygen atoms in total. The van der Waals surface area contributed by atoms with Crippen LogP contribution >= 0.6 is 0 Å². The van der Waals surface area contributed by atoms with E-state index in [1.54, 1.807) is 18.2 Å². The third-order valence-electron chi connectivity index (χ3n) is 4.19. The molecule has 1 aromatic rings. The number of rotatable bonds is 5. The maximum Gasteiger partial charge on any atom is 0.139 e. The van der Waals surface area contributed by atoms with E-state index in [2.05, 4.69) is 12.2 Å². The Bertz CT molecular complexity index is 464. The summed E-state index contributed by atoms with van der Waals surface area (Å²) in [6.45, 7) is 3.08. The zero-order valence-corrected chi connectivity index (χ0v) is 13.6. The third kappa shape index (κ3) is 4.62. The van der Waals surface area contributed by atoms with Crippen LogP contribution in [0.25, 0.3) is 0 Å². The first-order chi connectivity index (χ1) is 10.2. The molecule has 0 bridgehead atoms. The SMILES string of the molecule is CCCNC1CCCCCCC1S(=O)c1ccccc1F. The van der Waals surface area contributed by atoms with Crippen molar-refractivity contribution in [1.29, 1.82) is 0 Å². The lowest BCUT2D eigenvalue weighted by molar-refractivity contribution is 0.394. The molecule has 1 aliphatic carbocycles. The number of hydrogen-bond acceptors (Lipinski definition) is 2. The van der Waals surface area contributed by atoms with E-state index in [1.165, 1.54) is 25.3 Å². The Balaban J connectivity index is 2.17. The zero-order valence-electron chi connectivity index (χ0n) is 12.8. The highest BCUT2D eigenvalue weighted by molar-refractivity contribution is 7.85. The van der Waals surface area contributed by atoms with Crippen LogP contribution in [0.3, 0.4) is 0 Å². The van der Waals surface area contributed by atoms with Gasteiger partial charge in [0, 0.05) is 6.04 Å². The molecule has 1 saturated carbocycles. The molecule has 4 heteroatoms. The van der Waals surface area contributed by atoms with Crippen LogP contribution in [0.4, 0.5) is 4.39 Å². The van der Waals surface area contributed by atoms with Gasteiger partial charge in [0.2, 0.25) is 0 Å². The topological polar surface area (TPSA) is 29.1 Å². The molecule has 0 aliphatic heterocycles. The second-order valence-corrected chi connectivity index (χ2v) is 7.46. The average Bonchev–Trinajstić information content (AvgIpc) is 2.46. The highest BCUT2D eigenvalue weighted by Gasteiger charge is 2.29. The van der Waals surface area contributed by atoms with Gasteiger partial charge >= 0.3 is 0 Å². The monoisotopic (exact) mass is 311 g/mol. The van der Waals surface area contributed by atoms with Gasteiger partial charge in [-0.05, 0) is 37.9 Å². The van der Waals surface area contributed by atoms with Crippen LogP contribution in [-0.2, 0) is 10.8 Å². The number of nitrogens with one attached hydrogen (secondary N) is 1. The molecule has 0 aromatic heterocycles. The Kier molecular flexibility index (Phi) is 6.84. The summed E-state index contributed by atoms with van der Waals surface area (Å²) in [6.07, 6.45) is 7.75. The Morgan fingerprint density at radius 2 is 1.90 bits per heavy atom. The summed E-state index contributed by atoms with van der Waals surface area (Å²) in [7, 11) is -1.27. The van der Waals surface area contributed by atoms with Crippen LogP contribution < -0.4 is 5.32 Å². The Morgan fingerprint density at radius 3 is 2.62 bits per heavy atom. The molecule has 1 fully saturated rings. The second kappa shape index (κ2) is 8.64. The summed E-state index contributed by atoms with van der Waals surface area (Å²) >= 11 is 0. The van der Waals surface area contributed by atoms with E-state index in [9.17, 15) is 8.60 Å². The summed E-state index contributed by atoms with van der Waals surface area (Å²) in [5.41, 5.74) is 0. The molecule has 0 heterocycles. The maximum atomic E-state index is 13.9. The van der Waals surface area contributed by atoms with Crippen molar-refractivity contribution in [3.63, 3.8) is 0 Å². The normalized spacial score (nSPS) is 25.0. The van der Waals surface area contributed by atoms with Gasteiger partial charge in [0.1, 0.15) is 5.82 Å². The van der Waals surface area contributed by atoms with Crippen LogP contribution in [0.5, 0.6) is 0 Å². The van der Waals surface area contributed by atoms with Crippen LogP contribution in [0.15, 0.2) is 29.2 Å². The number of benzene rings is 1. The van der Waals surface area contributed by atoms with Gasteiger partial charge in [0.25, 0.3) is 0 Å². The van der Waals surface area contributed by atoms with Crippen LogP contribution in [0.1, 0.15) is 51.9 Å². The van der Waals surface area contributed by atoms with Gasteiger partial charge in [-0.15, -0.1) is 0 Å². The summed E-state index contributed by atoms with van der Waals surface area (Å²) < 4.78 is 26.8. The number of halogens is 1. The van der Waals surface area contributed by atoms with Crippen molar-refractivity contribution in [2.45, 2.75) is 68.1 Å². The lowest BCUT2D eigenvalue weighted by atomic mass is 9.96. The zero-order chi connectivity index (χ0) is 15.1. The van der Waals surface area contributed by atoms with Crippen LogP contribution in [0, 0.1) is 5.82 Å². The lowest BCUT2D eigenvalue weighted by Crippen LogP contribution is -2.43. The van der Waals surface area contributed by atoms with Gasteiger partial charge in [-0.2, -0.15) is 0 Å². The average molecular weight is 311 g/mol. The van der Waals surface area contributed by atoms with Crippen LogP contribution in [-0.4, -0.2) is 22.0 Å². The highest BCUT2D eigenvalue weighted by atomic mass is 32.2. The van der Waals surface area contributed by atoms with E-state index >= 15 is 0 Å². The van der Waals surface area contributed by atoms with Gasteiger partial charge in [0.15, 0.2) is 0 Å². The molecule has 1 aromatic carbocycles. The third-order valence-corrected chi connectivity index (χ3v) is 6.07. The molecule has 1 N–H and O–H groups in total. The molecule has 1 aliphatic rings. The molecule has 118 valence electrons. The minimum absolute atomic E-state index is 0.0220. The Labute approximate surface area is 130 Å². The molecule has 0 radical (unpaired) electrons. The van der Waals surface area contributed by atoms with Crippen molar-refractivity contribution in [1.82, 2.24) is 5.32 Å². The van der Waals surface area contributed by atoms with Crippen molar-refractivity contribution < 1.29 is 8.60 Å². The predicted octanol–water partition coefficient (Wildman–Crippen LogP) is 4.02. The molecule has 3 atom stereocenters. The lowest BCUT2D eigenvalue weighted by Gasteiger charge is -2.29. The molecular formula is C17H26FNOS. The molecule has 0 amide bonds. The van der Waals surface area contributed by atoms with E-state index < -0.39 is 10.8 Å². The summed E-state index contributed by atoms with van der Waals surface area (Å²) in [6, 6.07) is 6.74. The van der Waals surface area contributed by atoms with Crippen molar-refractivity contribution in [2.75, 3.05) is 6.54 Å². The molecule has 21 heavy (non-hydrogen) atoms. The van der Waals surface area contributed by atoms with Crippen molar-refractivity contribution >= 4 is 10.8 Å². The van der Waals surface area contributed by atoms with E-state index in [0.29, 0.717) is 4.90 Å². The van der Waals surface area contributed by atoms with E-state index in [1.807, 2.05) is 0 Å². The van der Waals surface area contributed by atoms with E-state index in [0.717, 1.165) is 32.2 Å². The fraction of sp³-hybridized carbons (Fsp3) is 0.647. The minimum atomic E-state index is -1.27. The van der Waals surface area contributed by atoms with Gasteiger partial charge in [-0.1, -0.05) is 44.7 Å². The van der Waals surface area contributed by atoms with E-state index in [4.69, 9.17) is 0 Å². The molecule has 0 saturated heterocycles. The van der Waals surface area contributed by atoms with Gasteiger partial charge in [-0.3, -0.25) is 4.21 Å². The summed E-state index contributed by atoms with van der Waals surface area (Å²) in [5, 5.41) is 3.57. The molecule has 2 rings (SSSR count). The maximum absolute atomic E-state index is 13.9. The molecule has 0 spiro atoms. The van der Waals surface area contributed by atoms with Crippen molar-refractivity contribution in [3.05, 3.63) is 30.1 Å². The highest BCUT2D eigenvalue weighted by Crippen LogP contribution is 2.26. The Hall–Kier alpha value is -0.740. The van der Waals surface area contributed by atoms with E-state index in [-0.39, 0.29) is 17.1 Å². The predicted molar refractivity (Wildman–Crippen MR) is 86.4 cm³/mol. The minimum Gasteiger partial charge on any atom is -0.313 e. The fourth-order valence-corrected chi connectivity index (χ4v) is 4.75.